The number of nitrogens with zero attached hydrogens (tertiary/aromatic N) is 1. The Balaban J connectivity index is 2.32. The maximum Gasteiger partial charge on any atom is 0.244 e. The van der Waals surface area contributed by atoms with Gasteiger partial charge in [0, 0.05) is 11.7 Å². The molecule has 0 fully saturated rings. The first-order chi connectivity index (χ1) is 8.32. The van der Waals surface area contributed by atoms with Gasteiger partial charge in [0.25, 0.3) is 0 Å². The van der Waals surface area contributed by atoms with Crippen molar-refractivity contribution in [3.63, 3.8) is 0 Å². The van der Waals surface area contributed by atoms with Crippen LogP contribution in [0.4, 0.5) is 5.69 Å². The third-order valence-electron chi connectivity index (χ3n) is 3.64. The predicted molar refractivity (Wildman–Crippen MR) is 74.5 cm³/mol. The van der Waals surface area contributed by atoms with Gasteiger partial charge in [-0.3, -0.25) is 4.79 Å². The Morgan fingerprint density at radius 2 is 2.00 bits per heavy atom. The lowest BCUT2D eigenvalue weighted by Gasteiger charge is -2.32. The summed E-state index contributed by atoms with van der Waals surface area (Å²) in [7, 11) is 0. The van der Waals surface area contributed by atoms with Crippen molar-refractivity contribution < 1.29 is 4.79 Å². The zero-order valence-electron chi connectivity index (χ0n) is 11.6. The number of benzene rings is 1. The predicted octanol–water partition coefficient (Wildman–Crippen LogP) is 2.34. The van der Waals surface area contributed by atoms with Crippen molar-refractivity contribution in [2.45, 2.75) is 46.2 Å². The maximum atomic E-state index is 12.6. The number of fused-ring (bicyclic) bond motifs is 1. The van der Waals surface area contributed by atoms with Gasteiger partial charge in [-0.2, -0.15) is 0 Å². The zero-order chi connectivity index (χ0) is 13.5. The first-order valence-electron chi connectivity index (χ1n) is 6.49. The van der Waals surface area contributed by atoms with E-state index in [-0.39, 0.29) is 17.4 Å². The van der Waals surface area contributed by atoms with Crippen LogP contribution in [-0.4, -0.2) is 18.0 Å². The lowest BCUT2D eigenvalue weighted by atomic mass is 9.86. The van der Waals surface area contributed by atoms with E-state index >= 15 is 0 Å². The minimum Gasteiger partial charge on any atom is -0.319 e. The molecule has 0 aliphatic carbocycles. The van der Waals surface area contributed by atoms with Crippen molar-refractivity contribution in [3.8, 4) is 0 Å². The summed E-state index contributed by atoms with van der Waals surface area (Å²) in [5, 5.41) is 0. The van der Waals surface area contributed by atoms with Gasteiger partial charge in [0.2, 0.25) is 5.91 Å². The third-order valence-corrected chi connectivity index (χ3v) is 3.64. The second-order valence-corrected chi connectivity index (χ2v) is 6.23. The molecule has 2 atom stereocenters. The fraction of sp³-hybridized carbons (Fsp3) is 0.533. The summed E-state index contributed by atoms with van der Waals surface area (Å²) in [5.41, 5.74) is 8.15. The van der Waals surface area contributed by atoms with Gasteiger partial charge in [-0.1, -0.05) is 39.0 Å². The number of nitrogens with two attached hydrogens (primary N) is 1. The van der Waals surface area contributed by atoms with E-state index in [9.17, 15) is 4.79 Å². The highest BCUT2D eigenvalue weighted by molar-refractivity contribution is 5.99. The van der Waals surface area contributed by atoms with Crippen LogP contribution in [0.5, 0.6) is 0 Å². The lowest BCUT2D eigenvalue weighted by Crippen LogP contribution is -2.52. The topological polar surface area (TPSA) is 46.3 Å². The molecular weight excluding hydrogens is 224 g/mol. The van der Waals surface area contributed by atoms with E-state index in [1.54, 1.807) is 0 Å². The Morgan fingerprint density at radius 3 is 2.61 bits per heavy atom. The van der Waals surface area contributed by atoms with Crippen molar-refractivity contribution >= 4 is 11.6 Å². The van der Waals surface area contributed by atoms with Gasteiger partial charge in [-0.05, 0) is 30.4 Å². The summed E-state index contributed by atoms with van der Waals surface area (Å²) in [6.07, 6.45) is 0.915. The van der Waals surface area contributed by atoms with Crippen LogP contribution in [0.15, 0.2) is 24.3 Å². The molecule has 1 amide bonds. The van der Waals surface area contributed by atoms with E-state index < -0.39 is 6.04 Å². The van der Waals surface area contributed by atoms with E-state index in [1.807, 2.05) is 43.9 Å². The van der Waals surface area contributed by atoms with Gasteiger partial charge in [-0.15, -0.1) is 0 Å². The summed E-state index contributed by atoms with van der Waals surface area (Å²) in [4.78, 5) is 14.4. The summed E-state index contributed by atoms with van der Waals surface area (Å²) in [6.45, 7) is 8.08. The molecule has 0 spiro atoms. The Labute approximate surface area is 109 Å². The zero-order valence-corrected chi connectivity index (χ0v) is 11.6. The molecule has 0 saturated heterocycles. The Kier molecular flexibility index (Phi) is 3.20. The summed E-state index contributed by atoms with van der Waals surface area (Å²) in [6, 6.07) is 7.81. The summed E-state index contributed by atoms with van der Waals surface area (Å²) in [5.74, 6) is 0.0277. The van der Waals surface area contributed by atoms with Crippen LogP contribution in [-0.2, 0) is 11.2 Å². The maximum absolute atomic E-state index is 12.6. The third kappa shape index (κ3) is 2.15. The number of para-hydroxylation sites is 1. The lowest BCUT2D eigenvalue weighted by molar-refractivity contribution is -0.122. The molecule has 0 bridgehead atoms. The van der Waals surface area contributed by atoms with Gasteiger partial charge in [0.1, 0.15) is 0 Å². The molecule has 1 aliphatic heterocycles. The van der Waals surface area contributed by atoms with E-state index in [2.05, 4.69) is 13.0 Å². The summed E-state index contributed by atoms with van der Waals surface area (Å²) >= 11 is 0. The second-order valence-electron chi connectivity index (χ2n) is 6.23. The normalized spacial score (nSPS) is 20.7. The van der Waals surface area contributed by atoms with Crippen molar-refractivity contribution in [1.29, 1.82) is 0 Å². The van der Waals surface area contributed by atoms with Crippen molar-refractivity contribution in [2.75, 3.05) is 4.90 Å². The molecule has 2 N–H and O–H groups in total. The average Bonchev–Trinajstić information content (AvgIpc) is 2.61. The number of carbonyl (C=O) groups excluding carboxylic acids is 1. The van der Waals surface area contributed by atoms with Crippen LogP contribution < -0.4 is 10.6 Å². The highest BCUT2D eigenvalue weighted by Crippen LogP contribution is 2.33. The first-order valence-corrected chi connectivity index (χ1v) is 6.49. The minimum atomic E-state index is -0.467. The molecule has 1 heterocycles. The van der Waals surface area contributed by atoms with Crippen LogP contribution in [0.1, 0.15) is 33.3 Å². The largest absolute Gasteiger partial charge is 0.319 e. The van der Waals surface area contributed by atoms with Crippen molar-refractivity contribution in [3.05, 3.63) is 29.8 Å². The molecule has 3 heteroatoms. The molecular formula is C15H22N2O. The molecule has 18 heavy (non-hydrogen) atoms. The molecule has 1 aromatic carbocycles. The average molecular weight is 246 g/mol. The molecule has 0 radical (unpaired) electrons. The van der Waals surface area contributed by atoms with Crippen LogP contribution in [0.25, 0.3) is 0 Å². The van der Waals surface area contributed by atoms with E-state index in [0.29, 0.717) is 0 Å². The second kappa shape index (κ2) is 4.39. The first kappa shape index (κ1) is 13.1. The molecule has 1 aromatic rings. The number of rotatable bonds is 1. The quantitative estimate of drug-likeness (QED) is 0.826. The highest BCUT2D eigenvalue weighted by Gasteiger charge is 2.37. The molecule has 2 rings (SSSR count). The number of amides is 1. The highest BCUT2D eigenvalue weighted by atomic mass is 16.2. The van der Waals surface area contributed by atoms with E-state index in [1.165, 1.54) is 5.56 Å². The van der Waals surface area contributed by atoms with Crippen LogP contribution in [0, 0.1) is 5.41 Å². The Bertz CT molecular complexity index is 462. The molecule has 1 aliphatic rings. The van der Waals surface area contributed by atoms with Crippen LogP contribution in [0.2, 0.25) is 0 Å². The Hall–Kier alpha value is -1.35. The molecule has 0 saturated carbocycles. The van der Waals surface area contributed by atoms with Gasteiger partial charge in [0.15, 0.2) is 0 Å². The Morgan fingerprint density at radius 1 is 1.39 bits per heavy atom. The number of carbonyl (C=O) groups is 1. The van der Waals surface area contributed by atoms with Crippen molar-refractivity contribution in [2.24, 2.45) is 11.1 Å². The smallest absolute Gasteiger partial charge is 0.244 e. The van der Waals surface area contributed by atoms with E-state index in [0.717, 1.165) is 12.1 Å². The fourth-order valence-electron chi connectivity index (χ4n) is 2.42. The number of anilines is 1. The van der Waals surface area contributed by atoms with Gasteiger partial charge < -0.3 is 10.6 Å². The molecule has 98 valence electrons. The van der Waals surface area contributed by atoms with Gasteiger partial charge >= 0.3 is 0 Å². The summed E-state index contributed by atoms with van der Waals surface area (Å²) < 4.78 is 0. The molecule has 2 unspecified atom stereocenters. The standard InChI is InChI=1S/C15H22N2O/c1-10-9-11-7-5-6-8-12(11)17(10)14(18)13(16)15(2,3)4/h5-8,10,13H,9,16H2,1-4H3. The number of hydrogen-bond acceptors (Lipinski definition) is 2. The van der Waals surface area contributed by atoms with E-state index in [4.69, 9.17) is 5.73 Å². The van der Waals surface area contributed by atoms with Crippen molar-refractivity contribution in [1.82, 2.24) is 0 Å². The van der Waals surface area contributed by atoms with Crippen LogP contribution in [0.3, 0.4) is 0 Å². The SMILES string of the molecule is CC1Cc2ccccc2N1C(=O)C(N)C(C)(C)C. The van der Waals surface area contributed by atoms with Gasteiger partial charge in [-0.25, -0.2) is 0 Å². The molecule has 0 aromatic heterocycles. The monoisotopic (exact) mass is 246 g/mol. The minimum absolute atomic E-state index is 0.0277. The van der Waals surface area contributed by atoms with Crippen LogP contribution >= 0.6 is 0 Å². The fourth-order valence-corrected chi connectivity index (χ4v) is 2.42. The molecule has 3 nitrogen and oxygen atoms in total. The number of hydrogen-bond donors (Lipinski definition) is 1. The van der Waals surface area contributed by atoms with Gasteiger partial charge in [0.05, 0.1) is 6.04 Å².